The number of carbonyl (C=O) groups is 2. The first-order valence-corrected chi connectivity index (χ1v) is 11.5. The van der Waals surface area contributed by atoms with E-state index < -0.39 is 17.5 Å². The molecule has 2 aromatic carbocycles. The van der Waals surface area contributed by atoms with Crippen molar-refractivity contribution in [3.63, 3.8) is 0 Å². The zero-order valence-corrected chi connectivity index (χ0v) is 20.3. The van der Waals surface area contributed by atoms with Crippen molar-refractivity contribution in [3.05, 3.63) is 57.6 Å². The Morgan fingerprint density at radius 3 is 2.40 bits per heavy atom. The van der Waals surface area contributed by atoms with Gasteiger partial charge in [0.1, 0.15) is 0 Å². The first-order chi connectivity index (χ1) is 16.8. The van der Waals surface area contributed by atoms with Gasteiger partial charge < -0.3 is 24.0 Å². The Bertz CT molecular complexity index is 1070. The standard InChI is InChI=1S/C25H31N3O7/c1-26(14-11-18-7-10-22(33-2)23(15-18)34-3)24(29)17-35-25(30)20-16-19(28(31)32)8-9-21(20)27-12-5-4-6-13-27/h7-10,15-16H,4-6,11-14,17H2,1-3H3. The van der Waals surface area contributed by atoms with Crippen LogP contribution in [0.3, 0.4) is 0 Å². The minimum atomic E-state index is -0.754. The summed E-state index contributed by atoms with van der Waals surface area (Å²) in [5, 5.41) is 11.2. The fourth-order valence-electron chi connectivity index (χ4n) is 3.98. The Balaban J connectivity index is 1.61. The van der Waals surface area contributed by atoms with Crippen molar-refractivity contribution < 1.29 is 28.7 Å². The average Bonchev–Trinajstić information content (AvgIpc) is 2.89. The van der Waals surface area contributed by atoms with Crippen LogP contribution in [0.5, 0.6) is 11.5 Å². The van der Waals surface area contributed by atoms with Gasteiger partial charge in [0.15, 0.2) is 18.1 Å². The van der Waals surface area contributed by atoms with Crippen LogP contribution in [-0.2, 0) is 16.0 Å². The molecule has 1 heterocycles. The molecule has 0 atom stereocenters. The van der Waals surface area contributed by atoms with E-state index in [2.05, 4.69) is 0 Å². The number of carbonyl (C=O) groups excluding carboxylic acids is 2. The van der Waals surface area contributed by atoms with Crippen LogP contribution in [0.25, 0.3) is 0 Å². The number of nitro groups is 1. The quantitative estimate of drug-likeness (QED) is 0.286. The minimum Gasteiger partial charge on any atom is -0.493 e. The number of rotatable bonds is 10. The van der Waals surface area contributed by atoms with E-state index in [4.69, 9.17) is 14.2 Å². The maximum Gasteiger partial charge on any atom is 0.341 e. The number of piperidine rings is 1. The topological polar surface area (TPSA) is 111 Å². The second-order valence-electron chi connectivity index (χ2n) is 8.34. The summed E-state index contributed by atoms with van der Waals surface area (Å²) in [4.78, 5) is 39.6. The van der Waals surface area contributed by atoms with Crippen LogP contribution in [0.15, 0.2) is 36.4 Å². The van der Waals surface area contributed by atoms with E-state index in [0.29, 0.717) is 30.2 Å². The Morgan fingerprint density at radius 2 is 1.74 bits per heavy atom. The Hall–Kier alpha value is -3.82. The normalized spacial score (nSPS) is 13.2. The zero-order valence-electron chi connectivity index (χ0n) is 20.3. The number of hydrogen-bond donors (Lipinski definition) is 0. The first-order valence-electron chi connectivity index (χ1n) is 11.5. The van der Waals surface area contributed by atoms with Crippen molar-refractivity contribution in [2.75, 3.05) is 52.4 Å². The van der Waals surface area contributed by atoms with Gasteiger partial charge in [-0.25, -0.2) is 4.79 Å². The van der Waals surface area contributed by atoms with E-state index in [-0.39, 0.29) is 17.2 Å². The molecule has 0 radical (unpaired) electrons. The molecule has 1 fully saturated rings. The van der Waals surface area contributed by atoms with E-state index in [1.54, 1.807) is 33.4 Å². The molecule has 10 nitrogen and oxygen atoms in total. The predicted molar refractivity (Wildman–Crippen MR) is 130 cm³/mol. The van der Waals surface area contributed by atoms with Crippen molar-refractivity contribution in [3.8, 4) is 11.5 Å². The molecule has 1 aliphatic rings. The van der Waals surface area contributed by atoms with Crippen LogP contribution in [0.1, 0.15) is 35.2 Å². The number of ether oxygens (including phenoxy) is 3. The third-order valence-corrected chi connectivity index (χ3v) is 6.04. The summed E-state index contributed by atoms with van der Waals surface area (Å²) in [6.45, 7) is 1.47. The lowest BCUT2D eigenvalue weighted by Gasteiger charge is -2.30. The second-order valence-corrected chi connectivity index (χ2v) is 8.34. The second kappa shape index (κ2) is 12.0. The molecule has 0 N–H and O–H groups in total. The monoisotopic (exact) mass is 485 g/mol. The fourth-order valence-corrected chi connectivity index (χ4v) is 3.98. The van der Waals surface area contributed by atoms with Gasteiger partial charge in [0.05, 0.1) is 30.4 Å². The highest BCUT2D eigenvalue weighted by molar-refractivity contribution is 5.97. The largest absolute Gasteiger partial charge is 0.493 e. The van der Waals surface area contributed by atoms with E-state index in [0.717, 1.165) is 37.9 Å². The average molecular weight is 486 g/mol. The lowest BCUT2D eigenvalue weighted by molar-refractivity contribution is -0.384. The van der Waals surface area contributed by atoms with Gasteiger partial charge in [-0.15, -0.1) is 0 Å². The molecule has 0 bridgehead atoms. The smallest absolute Gasteiger partial charge is 0.341 e. The minimum absolute atomic E-state index is 0.0990. The first kappa shape index (κ1) is 25.8. The van der Waals surface area contributed by atoms with Gasteiger partial charge in [0, 0.05) is 38.8 Å². The number of nitro benzene ring substituents is 1. The van der Waals surface area contributed by atoms with Crippen LogP contribution in [-0.4, -0.2) is 69.2 Å². The number of anilines is 1. The Labute approximate surface area is 204 Å². The molecule has 0 aliphatic carbocycles. The van der Waals surface area contributed by atoms with Crippen molar-refractivity contribution in [1.29, 1.82) is 0 Å². The number of benzene rings is 2. The summed E-state index contributed by atoms with van der Waals surface area (Å²) in [7, 11) is 4.75. The zero-order chi connectivity index (χ0) is 25.4. The van der Waals surface area contributed by atoms with E-state index in [1.165, 1.54) is 17.0 Å². The maximum absolute atomic E-state index is 12.9. The summed E-state index contributed by atoms with van der Waals surface area (Å²) < 4.78 is 15.8. The summed E-state index contributed by atoms with van der Waals surface area (Å²) in [6, 6.07) is 9.73. The molecule has 2 aromatic rings. The van der Waals surface area contributed by atoms with Gasteiger partial charge in [0.2, 0.25) is 0 Å². The van der Waals surface area contributed by atoms with Gasteiger partial charge in [-0.05, 0) is 49.4 Å². The molecule has 1 saturated heterocycles. The molecule has 3 rings (SSSR count). The molecule has 0 saturated carbocycles. The van der Waals surface area contributed by atoms with Gasteiger partial charge in [-0.1, -0.05) is 6.07 Å². The highest BCUT2D eigenvalue weighted by atomic mass is 16.6. The third-order valence-electron chi connectivity index (χ3n) is 6.04. The number of methoxy groups -OCH3 is 2. The number of hydrogen-bond acceptors (Lipinski definition) is 8. The van der Waals surface area contributed by atoms with Gasteiger partial charge in [-0.2, -0.15) is 0 Å². The van der Waals surface area contributed by atoms with Crippen LogP contribution >= 0.6 is 0 Å². The predicted octanol–water partition coefficient (Wildman–Crippen LogP) is 3.46. The molecular formula is C25H31N3O7. The van der Waals surface area contributed by atoms with Crippen LogP contribution in [0.4, 0.5) is 11.4 Å². The van der Waals surface area contributed by atoms with Crippen LogP contribution in [0.2, 0.25) is 0 Å². The summed E-state index contributed by atoms with van der Waals surface area (Å²) in [5.74, 6) is 0.103. The highest BCUT2D eigenvalue weighted by Crippen LogP contribution is 2.29. The molecule has 0 aromatic heterocycles. The molecular weight excluding hydrogens is 454 g/mol. The fraction of sp³-hybridized carbons (Fsp3) is 0.440. The Morgan fingerprint density at radius 1 is 1.03 bits per heavy atom. The van der Waals surface area contributed by atoms with Crippen molar-refractivity contribution in [2.45, 2.75) is 25.7 Å². The van der Waals surface area contributed by atoms with E-state index >= 15 is 0 Å². The van der Waals surface area contributed by atoms with E-state index in [9.17, 15) is 19.7 Å². The van der Waals surface area contributed by atoms with Crippen molar-refractivity contribution >= 4 is 23.3 Å². The molecule has 0 spiro atoms. The number of non-ortho nitro benzene ring substituents is 1. The summed E-state index contributed by atoms with van der Waals surface area (Å²) in [5.41, 5.74) is 1.45. The summed E-state index contributed by atoms with van der Waals surface area (Å²) >= 11 is 0. The highest BCUT2D eigenvalue weighted by Gasteiger charge is 2.24. The third kappa shape index (κ3) is 6.62. The van der Waals surface area contributed by atoms with E-state index in [1.807, 2.05) is 17.0 Å². The molecule has 35 heavy (non-hydrogen) atoms. The number of esters is 1. The number of amides is 1. The van der Waals surface area contributed by atoms with Gasteiger partial charge in [0.25, 0.3) is 11.6 Å². The molecule has 1 aliphatic heterocycles. The summed E-state index contributed by atoms with van der Waals surface area (Å²) in [6.07, 6.45) is 3.64. The van der Waals surface area contributed by atoms with Crippen molar-refractivity contribution in [2.24, 2.45) is 0 Å². The van der Waals surface area contributed by atoms with Crippen LogP contribution in [0, 0.1) is 10.1 Å². The molecule has 10 heteroatoms. The van der Waals surface area contributed by atoms with Crippen molar-refractivity contribution in [1.82, 2.24) is 4.90 Å². The van der Waals surface area contributed by atoms with Gasteiger partial charge in [-0.3, -0.25) is 14.9 Å². The van der Waals surface area contributed by atoms with Crippen LogP contribution < -0.4 is 14.4 Å². The number of likely N-dealkylation sites (N-methyl/N-ethyl adjacent to an activating group) is 1. The Kier molecular flexibility index (Phi) is 8.88. The SMILES string of the molecule is COc1ccc(CCN(C)C(=O)COC(=O)c2cc([N+](=O)[O-])ccc2N2CCCCC2)cc1OC. The lowest BCUT2D eigenvalue weighted by atomic mass is 10.1. The van der Waals surface area contributed by atoms with Gasteiger partial charge >= 0.3 is 5.97 Å². The molecule has 0 unspecified atom stereocenters. The maximum atomic E-state index is 12.9. The number of nitrogens with zero attached hydrogens (tertiary/aromatic N) is 3. The molecule has 1 amide bonds. The molecule has 188 valence electrons. The lowest BCUT2D eigenvalue weighted by Crippen LogP contribution is -2.33.